The van der Waals surface area contributed by atoms with Crippen molar-refractivity contribution in [1.29, 1.82) is 0 Å². The van der Waals surface area contributed by atoms with Crippen molar-refractivity contribution in [2.24, 2.45) is 17.8 Å². The third kappa shape index (κ3) is 2.98. The van der Waals surface area contributed by atoms with Crippen LogP contribution in [0.25, 0.3) is 0 Å². The Morgan fingerprint density at radius 3 is 2.38 bits per heavy atom. The lowest BCUT2D eigenvalue weighted by Gasteiger charge is -2.22. The van der Waals surface area contributed by atoms with Gasteiger partial charge in [-0.05, 0) is 42.7 Å². The van der Waals surface area contributed by atoms with Crippen molar-refractivity contribution in [1.82, 2.24) is 0 Å². The van der Waals surface area contributed by atoms with Gasteiger partial charge in [-0.1, -0.05) is 38.8 Å². The summed E-state index contributed by atoms with van der Waals surface area (Å²) in [5.41, 5.74) is 0. The predicted octanol–water partition coefficient (Wildman–Crippen LogP) is 3.76. The average molecular weight is 238 g/mol. The predicted molar refractivity (Wildman–Crippen MR) is 72.1 cm³/mol. The zero-order valence-corrected chi connectivity index (χ0v) is 12.0. The summed E-state index contributed by atoms with van der Waals surface area (Å²) < 4.78 is 6.26. The van der Waals surface area contributed by atoms with Crippen LogP contribution in [-0.4, -0.2) is 15.6 Å². The molecule has 2 aliphatic carbocycles. The second kappa shape index (κ2) is 6.01. The third-order valence-corrected chi connectivity index (χ3v) is 7.29. The maximum Gasteiger partial charge on any atom is 0.176 e. The van der Waals surface area contributed by atoms with E-state index in [0.29, 0.717) is 0 Å². The highest BCUT2D eigenvalue weighted by molar-refractivity contribution is 6.51. The van der Waals surface area contributed by atoms with Crippen LogP contribution in [0.15, 0.2) is 12.2 Å². The second-order valence-electron chi connectivity index (χ2n) is 5.57. The lowest BCUT2D eigenvalue weighted by atomic mass is 9.95. The normalized spacial score (nSPS) is 31.8. The minimum absolute atomic E-state index is 0.838. The molecule has 0 N–H and O–H groups in total. The quantitative estimate of drug-likeness (QED) is 0.485. The largest absolute Gasteiger partial charge is 0.420 e. The third-order valence-electron chi connectivity index (χ3n) is 4.18. The van der Waals surface area contributed by atoms with Gasteiger partial charge in [-0.25, -0.2) is 0 Å². The van der Waals surface area contributed by atoms with Crippen molar-refractivity contribution in [3.8, 4) is 0 Å². The van der Waals surface area contributed by atoms with Gasteiger partial charge in [0.1, 0.15) is 0 Å². The highest BCUT2D eigenvalue weighted by Crippen LogP contribution is 2.43. The molecule has 0 aliphatic heterocycles. The van der Waals surface area contributed by atoms with E-state index in [1.54, 1.807) is 0 Å². The van der Waals surface area contributed by atoms with Gasteiger partial charge in [-0.15, -0.1) is 0 Å². The van der Waals surface area contributed by atoms with Crippen LogP contribution >= 0.6 is 0 Å². The van der Waals surface area contributed by atoms with Gasteiger partial charge in [0.25, 0.3) is 0 Å². The van der Waals surface area contributed by atoms with Gasteiger partial charge in [0.05, 0.1) is 0 Å². The van der Waals surface area contributed by atoms with Crippen molar-refractivity contribution in [2.75, 3.05) is 6.61 Å². The minimum atomic E-state index is -0.838. The molecule has 1 saturated carbocycles. The van der Waals surface area contributed by atoms with Gasteiger partial charge in [-0.2, -0.15) is 0 Å². The van der Waals surface area contributed by atoms with E-state index >= 15 is 0 Å². The van der Waals surface area contributed by atoms with Crippen LogP contribution in [-0.2, 0) is 4.43 Å². The van der Waals surface area contributed by atoms with E-state index in [4.69, 9.17) is 4.43 Å². The van der Waals surface area contributed by atoms with Crippen LogP contribution in [0.4, 0.5) is 0 Å². The summed E-state index contributed by atoms with van der Waals surface area (Å²) in [5.74, 6) is 2.62. The van der Waals surface area contributed by atoms with Crippen molar-refractivity contribution < 1.29 is 4.43 Å². The molecule has 0 amide bonds. The summed E-state index contributed by atoms with van der Waals surface area (Å²) in [5, 5.41) is 0. The molecule has 0 aromatic carbocycles. The van der Waals surface area contributed by atoms with Crippen LogP contribution in [0, 0.1) is 17.8 Å². The van der Waals surface area contributed by atoms with E-state index in [-0.39, 0.29) is 0 Å². The highest BCUT2D eigenvalue weighted by Gasteiger charge is 2.35. The Bertz CT molecular complexity index is 233. The Labute approximate surface area is 102 Å². The maximum absolute atomic E-state index is 6.26. The smallest absolute Gasteiger partial charge is 0.176 e. The second-order valence-corrected chi connectivity index (χ2v) is 8.31. The summed E-state index contributed by atoms with van der Waals surface area (Å²) in [6, 6.07) is 2.76. The Kier molecular flexibility index (Phi) is 4.65. The van der Waals surface area contributed by atoms with Crippen LogP contribution < -0.4 is 0 Å². The van der Waals surface area contributed by atoms with Crippen molar-refractivity contribution in [3.63, 3.8) is 0 Å². The van der Waals surface area contributed by atoms with Crippen LogP contribution in [0.1, 0.15) is 39.5 Å². The number of rotatable bonds is 7. The van der Waals surface area contributed by atoms with E-state index in [9.17, 15) is 0 Å². The standard InChI is InChI=1S/C14H26OSi/c1-3-7-16(8-4-2)15-11-14-10-12-5-6-13(14)9-12/h5-6,12-14,16H,3-4,7-11H2,1-2H3. The molecule has 2 heteroatoms. The Balaban J connectivity index is 1.71. The fourth-order valence-electron chi connectivity index (χ4n) is 3.30. The molecule has 1 fully saturated rings. The minimum Gasteiger partial charge on any atom is -0.420 e. The molecule has 2 rings (SSSR count). The molecule has 92 valence electrons. The zero-order valence-electron chi connectivity index (χ0n) is 10.8. The molecule has 0 saturated heterocycles. The molecule has 3 atom stereocenters. The molecule has 0 radical (unpaired) electrons. The first-order chi connectivity index (χ1) is 7.83. The number of allylic oxidation sites excluding steroid dienone is 2. The topological polar surface area (TPSA) is 9.23 Å². The number of hydrogen-bond acceptors (Lipinski definition) is 1. The molecule has 2 aliphatic rings. The monoisotopic (exact) mass is 238 g/mol. The Hall–Kier alpha value is -0.0831. The number of hydrogen-bond donors (Lipinski definition) is 0. The van der Waals surface area contributed by atoms with Crippen molar-refractivity contribution >= 4 is 9.04 Å². The van der Waals surface area contributed by atoms with Gasteiger partial charge >= 0.3 is 0 Å². The van der Waals surface area contributed by atoms with E-state index in [1.165, 1.54) is 37.8 Å². The summed E-state index contributed by atoms with van der Waals surface area (Å²) in [7, 11) is -0.838. The average Bonchev–Trinajstić information content (AvgIpc) is 2.88. The molecule has 1 nitrogen and oxygen atoms in total. The molecule has 0 heterocycles. The molecule has 0 spiro atoms. The molecule has 0 aromatic rings. The molecular formula is C14H26OSi. The van der Waals surface area contributed by atoms with E-state index < -0.39 is 9.04 Å². The summed E-state index contributed by atoms with van der Waals surface area (Å²) >= 11 is 0. The first kappa shape index (κ1) is 12.4. The fraction of sp³-hybridized carbons (Fsp3) is 0.857. The highest BCUT2D eigenvalue weighted by atomic mass is 28.3. The summed E-state index contributed by atoms with van der Waals surface area (Å²) in [4.78, 5) is 0. The SMILES string of the molecule is CCC[SiH](CCC)OCC1CC2C=CC1C2. The fourth-order valence-corrected chi connectivity index (χ4v) is 5.73. The number of fused-ring (bicyclic) bond motifs is 2. The Morgan fingerprint density at radius 1 is 1.12 bits per heavy atom. The molecular weight excluding hydrogens is 212 g/mol. The first-order valence-electron chi connectivity index (χ1n) is 7.13. The molecule has 16 heavy (non-hydrogen) atoms. The summed E-state index contributed by atoms with van der Waals surface area (Å²) in [6.45, 7) is 5.65. The van der Waals surface area contributed by atoms with Crippen molar-refractivity contribution in [3.05, 3.63) is 12.2 Å². The lowest BCUT2D eigenvalue weighted by Crippen LogP contribution is -2.23. The van der Waals surface area contributed by atoms with Crippen LogP contribution in [0.5, 0.6) is 0 Å². The summed E-state index contributed by atoms with van der Waals surface area (Å²) in [6.07, 6.45) is 10.3. The van der Waals surface area contributed by atoms with E-state index in [0.717, 1.165) is 24.4 Å². The first-order valence-corrected chi connectivity index (χ1v) is 9.23. The maximum atomic E-state index is 6.26. The Morgan fingerprint density at radius 2 is 1.88 bits per heavy atom. The molecule has 3 unspecified atom stereocenters. The van der Waals surface area contributed by atoms with E-state index in [2.05, 4.69) is 26.0 Å². The zero-order chi connectivity index (χ0) is 11.4. The van der Waals surface area contributed by atoms with Crippen molar-refractivity contribution in [2.45, 2.75) is 51.6 Å². The van der Waals surface area contributed by atoms with Gasteiger partial charge < -0.3 is 4.43 Å². The molecule has 2 bridgehead atoms. The lowest BCUT2D eigenvalue weighted by molar-refractivity contribution is 0.226. The van der Waals surface area contributed by atoms with Gasteiger partial charge in [0.2, 0.25) is 0 Å². The molecule has 0 aromatic heterocycles. The van der Waals surface area contributed by atoms with Gasteiger partial charge in [0.15, 0.2) is 9.04 Å². The van der Waals surface area contributed by atoms with Crippen LogP contribution in [0.2, 0.25) is 12.1 Å². The van der Waals surface area contributed by atoms with E-state index in [1.807, 2.05) is 0 Å². The van der Waals surface area contributed by atoms with Gasteiger partial charge in [-0.3, -0.25) is 0 Å². The van der Waals surface area contributed by atoms with Gasteiger partial charge in [0, 0.05) is 6.61 Å². The van der Waals surface area contributed by atoms with Crippen LogP contribution in [0.3, 0.4) is 0 Å².